The minimum absolute atomic E-state index is 0.0256. The molecule has 0 N–H and O–H groups in total. The summed E-state index contributed by atoms with van der Waals surface area (Å²) in [4.78, 5) is 6.10. The van der Waals surface area contributed by atoms with Crippen molar-refractivity contribution in [2.75, 3.05) is 26.8 Å². The maximum atomic E-state index is 13.2. The van der Waals surface area contributed by atoms with Gasteiger partial charge in [0.05, 0.1) is 19.4 Å². The second-order valence-corrected chi connectivity index (χ2v) is 7.99. The molecule has 0 spiro atoms. The molecule has 2 aromatic carbocycles. The van der Waals surface area contributed by atoms with Gasteiger partial charge in [-0.1, -0.05) is 30.3 Å². The van der Waals surface area contributed by atoms with E-state index in [-0.39, 0.29) is 11.9 Å². The molecule has 1 fully saturated rings. The molecule has 2 heterocycles. The minimum Gasteiger partial charge on any atom is -0.497 e. The lowest BCUT2D eigenvalue weighted by Crippen LogP contribution is -2.35. The van der Waals surface area contributed by atoms with E-state index in [4.69, 9.17) is 9.47 Å². The molecule has 5 nitrogen and oxygen atoms in total. The highest BCUT2D eigenvalue weighted by atomic mass is 19.4. The zero-order valence-corrected chi connectivity index (χ0v) is 17.9. The molecule has 0 bridgehead atoms. The van der Waals surface area contributed by atoms with Crippen molar-refractivity contribution >= 4 is 0 Å². The van der Waals surface area contributed by atoms with Crippen molar-refractivity contribution in [3.8, 4) is 17.4 Å². The fourth-order valence-corrected chi connectivity index (χ4v) is 3.91. The first-order valence-electron chi connectivity index (χ1n) is 10.6. The van der Waals surface area contributed by atoms with Crippen LogP contribution in [-0.4, -0.2) is 41.3 Å². The molecule has 0 unspecified atom stereocenters. The third kappa shape index (κ3) is 5.43. The summed E-state index contributed by atoms with van der Waals surface area (Å²) in [5.74, 6) is 1.12. The van der Waals surface area contributed by atoms with Crippen molar-refractivity contribution in [1.29, 1.82) is 0 Å². The minimum atomic E-state index is -4.52. The van der Waals surface area contributed by atoms with Crippen LogP contribution in [0.4, 0.5) is 13.2 Å². The van der Waals surface area contributed by atoms with Gasteiger partial charge in [-0.2, -0.15) is 18.2 Å². The molecule has 0 saturated carbocycles. The van der Waals surface area contributed by atoms with Gasteiger partial charge in [0.2, 0.25) is 0 Å². The average Bonchev–Trinajstić information content (AvgIpc) is 3.24. The van der Waals surface area contributed by atoms with Crippen LogP contribution in [0.15, 0.2) is 60.8 Å². The van der Waals surface area contributed by atoms with Crippen molar-refractivity contribution in [3.63, 3.8) is 0 Å². The highest BCUT2D eigenvalue weighted by Crippen LogP contribution is 2.32. The average molecular weight is 445 g/mol. The van der Waals surface area contributed by atoms with Gasteiger partial charge in [-0.05, 0) is 61.7 Å². The Morgan fingerprint density at radius 3 is 2.47 bits per heavy atom. The smallest absolute Gasteiger partial charge is 0.435 e. The van der Waals surface area contributed by atoms with Gasteiger partial charge in [0.25, 0.3) is 0 Å². The van der Waals surface area contributed by atoms with E-state index in [1.54, 1.807) is 31.4 Å². The normalized spacial score (nSPS) is 15.6. The van der Waals surface area contributed by atoms with E-state index in [2.05, 4.69) is 16.0 Å². The predicted molar refractivity (Wildman–Crippen MR) is 115 cm³/mol. The van der Waals surface area contributed by atoms with Gasteiger partial charge in [0.1, 0.15) is 5.75 Å². The molecule has 8 heteroatoms. The molecular weight excluding hydrogens is 419 g/mol. The van der Waals surface area contributed by atoms with Crippen LogP contribution < -0.4 is 9.47 Å². The number of alkyl halides is 3. The van der Waals surface area contributed by atoms with Gasteiger partial charge in [0.15, 0.2) is 5.69 Å². The van der Waals surface area contributed by atoms with Gasteiger partial charge < -0.3 is 9.47 Å². The van der Waals surface area contributed by atoms with Gasteiger partial charge in [-0.25, -0.2) is 0 Å². The lowest BCUT2D eigenvalue weighted by atomic mass is 9.97. The molecule has 1 aliphatic rings. The Bertz CT molecular complexity index is 1010. The van der Waals surface area contributed by atoms with Crippen LogP contribution in [-0.2, 0) is 12.7 Å². The van der Waals surface area contributed by atoms with E-state index in [0.717, 1.165) is 44.4 Å². The number of likely N-dealkylation sites (tertiary alicyclic amines) is 1. The number of piperidine rings is 1. The number of para-hydroxylation sites is 1. The Morgan fingerprint density at radius 1 is 1.03 bits per heavy atom. The summed E-state index contributed by atoms with van der Waals surface area (Å²) >= 11 is 0. The van der Waals surface area contributed by atoms with E-state index in [0.29, 0.717) is 12.3 Å². The van der Waals surface area contributed by atoms with E-state index < -0.39 is 11.9 Å². The monoisotopic (exact) mass is 445 g/mol. The second kappa shape index (κ2) is 9.65. The van der Waals surface area contributed by atoms with Crippen LogP contribution in [0.2, 0.25) is 0 Å². The topological polar surface area (TPSA) is 39.5 Å². The standard InChI is InChI=1S/C24H26F3N3O2/c1-31-21-9-5-6-19(14-21)15-29-12-10-18(11-13-29)17-32-23-28-22(24(25,26)27)16-30(23)20-7-3-2-4-8-20/h2-9,14,16,18H,10-13,15,17H2,1H3. The molecule has 3 aromatic rings. The van der Waals surface area contributed by atoms with E-state index in [9.17, 15) is 13.2 Å². The number of nitrogens with zero attached hydrogens (tertiary/aromatic N) is 3. The van der Waals surface area contributed by atoms with Crippen LogP contribution in [0.3, 0.4) is 0 Å². The maximum absolute atomic E-state index is 13.2. The highest BCUT2D eigenvalue weighted by Gasteiger charge is 2.35. The molecule has 1 aliphatic heterocycles. The van der Waals surface area contributed by atoms with Crippen LogP contribution in [0.1, 0.15) is 24.1 Å². The fraction of sp³-hybridized carbons (Fsp3) is 0.375. The van der Waals surface area contributed by atoms with Crippen LogP contribution in [0, 0.1) is 5.92 Å². The quantitative estimate of drug-likeness (QED) is 0.502. The third-order valence-electron chi connectivity index (χ3n) is 5.69. The van der Waals surface area contributed by atoms with Gasteiger partial charge in [0, 0.05) is 12.7 Å². The number of hydrogen-bond donors (Lipinski definition) is 0. The van der Waals surface area contributed by atoms with Gasteiger partial charge in [-0.3, -0.25) is 9.47 Å². The lowest BCUT2D eigenvalue weighted by Gasteiger charge is -2.31. The Labute approximate surface area is 185 Å². The Balaban J connectivity index is 1.36. The summed E-state index contributed by atoms with van der Waals surface area (Å²) in [5, 5.41) is 0. The van der Waals surface area contributed by atoms with Gasteiger partial charge in [-0.15, -0.1) is 0 Å². The number of hydrogen-bond acceptors (Lipinski definition) is 4. The van der Waals surface area contributed by atoms with E-state index in [1.165, 1.54) is 10.1 Å². The molecule has 170 valence electrons. The maximum Gasteiger partial charge on any atom is 0.435 e. The number of methoxy groups -OCH3 is 1. The highest BCUT2D eigenvalue weighted by molar-refractivity contribution is 5.36. The number of rotatable bonds is 7. The number of benzene rings is 2. The van der Waals surface area contributed by atoms with Crippen LogP contribution >= 0.6 is 0 Å². The molecule has 0 amide bonds. The number of halogens is 3. The summed E-state index contributed by atoms with van der Waals surface area (Å²) in [6.45, 7) is 3.00. The fourth-order valence-electron chi connectivity index (χ4n) is 3.91. The molecular formula is C24H26F3N3O2. The first-order valence-corrected chi connectivity index (χ1v) is 10.6. The molecule has 1 aromatic heterocycles. The molecule has 0 radical (unpaired) electrons. The zero-order valence-electron chi connectivity index (χ0n) is 17.9. The molecule has 1 saturated heterocycles. The third-order valence-corrected chi connectivity index (χ3v) is 5.69. The SMILES string of the molecule is COc1cccc(CN2CCC(COc3nc(C(F)(F)F)cn3-c3ccccc3)CC2)c1. The van der Waals surface area contributed by atoms with Crippen LogP contribution in [0.5, 0.6) is 11.8 Å². The van der Waals surface area contributed by atoms with Crippen LogP contribution in [0.25, 0.3) is 5.69 Å². The van der Waals surface area contributed by atoms with Crippen molar-refractivity contribution in [1.82, 2.24) is 14.5 Å². The summed E-state index contributed by atoms with van der Waals surface area (Å²) in [6, 6.07) is 16.8. The zero-order chi connectivity index (χ0) is 22.6. The summed E-state index contributed by atoms with van der Waals surface area (Å²) in [7, 11) is 1.66. The Hall–Kier alpha value is -3.00. The second-order valence-electron chi connectivity index (χ2n) is 7.99. The Kier molecular flexibility index (Phi) is 6.69. The summed E-state index contributed by atoms with van der Waals surface area (Å²) in [6.07, 6.45) is -1.70. The number of ether oxygens (including phenoxy) is 2. The first-order chi connectivity index (χ1) is 15.4. The number of imidazole rings is 1. The predicted octanol–water partition coefficient (Wildman–Crippen LogP) is 5.19. The largest absolute Gasteiger partial charge is 0.497 e. The van der Waals surface area contributed by atoms with Crippen molar-refractivity contribution in [2.24, 2.45) is 5.92 Å². The lowest BCUT2D eigenvalue weighted by molar-refractivity contribution is -0.141. The Morgan fingerprint density at radius 2 is 1.78 bits per heavy atom. The summed E-state index contributed by atoms with van der Waals surface area (Å²) in [5.41, 5.74) is 0.826. The van der Waals surface area contributed by atoms with Gasteiger partial charge >= 0.3 is 12.2 Å². The molecule has 32 heavy (non-hydrogen) atoms. The van der Waals surface area contributed by atoms with E-state index >= 15 is 0 Å². The van der Waals surface area contributed by atoms with E-state index in [1.807, 2.05) is 24.3 Å². The first kappa shape index (κ1) is 22.2. The molecule has 4 rings (SSSR count). The summed E-state index contributed by atoms with van der Waals surface area (Å²) < 4.78 is 52.1. The van der Waals surface area contributed by atoms with Crippen molar-refractivity contribution in [3.05, 3.63) is 72.1 Å². The number of aromatic nitrogens is 2. The molecule has 0 atom stereocenters. The van der Waals surface area contributed by atoms with Crippen molar-refractivity contribution in [2.45, 2.75) is 25.6 Å². The molecule has 0 aliphatic carbocycles. The van der Waals surface area contributed by atoms with Crippen molar-refractivity contribution < 1.29 is 22.6 Å².